The molecule has 2 aromatic rings. The van der Waals surface area contributed by atoms with Crippen molar-refractivity contribution in [1.29, 1.82) is 0 Å². The highest BCUT2D eigenvalue weighted by Gasteiger charge is 2.47. The highest BCUT2D eigenvalue weighted by atomic mass is 16.7. The fraction of sp³-hybridized carbons (Fsp3) is 0.500. The second kappa shape index (κ2) is 11.1. The summed E-state index contributed by atoms with van der Waals surface area (Å²) in [6, 6.07) is 16.2. The molecule has 34 heavy (non-hydrogen) atoms. The van der Waals surface area contributed by atoms with E-state index >= 15 is 0 Å². The van der Waals surface area contributed by atoms with Crippen LogP contribution in [-0.2, 0) is 14.2 Å². The summed E-state index contributed by atoms with van der Waals surface area (Å²) in [7, 11) is 0. The molecule has 2 aliphatic heterocycles. The summed E-state index contributed by atoms with van der Waals surface area (Å²) in [5.41, 5.74) is 0.585. The van der Waals surface area contributed by atoms with Crippen molar-refractivity contribution in [3.05, 3.63) is 60.2 Å². The van der Waals surface area contributed by atoms with E-state index in [-0.39, 0.29) is 13.0 Å². The minimum Gasteiger partial charge on any atom is -0.457 e. The zero-order valence-electron chi connectivity index (χ0n) is 18.3. The number of benzene rings is 2. The van der Waals surface area contributed by atoms with Crippen molar-refractivity contribution in [2.24, 2.45) is 0 Å². The summed E-state index contributed by atoms with van der Waals surface area (Å²) in [5.74, 6) is 1.17. The molecule has 0 amide bonds. The van der Waals surface area contributed by atoms with Gasteiger partial charge in [0.2, 0.25) is 0 Å². The summed E-state index contributed by atoms with van der Waals surface area (Å²) in [5, 5.41) is 60.5. The molecular weight excluding hydrogens is 448 g/mol. The Morgan fingerprint density at radius 2 is 1.50 bits per heavy atom. The number of aliphatic hydroxyl groups excluding tert-OH is 6. The van der Waals surface area contributed by atoms with Gasteiger partial charge >= 0.3 is 0 Å². The number of rotatable bonds is 7. The van der Waals surface area contributed by atoms with Gasteiger partial charge in [0, 0.05) is 6.42 Å². The molecule has 6 N–H and O–H groups in total. The summed E-state index contributed by atoms with van der Waals surface area (Å²) in [6.07, 6.45) is -10.9. The summed E-state index contributed by atoms with van der Waals surface area (Å²) in [4.78, 5) is 0. The molecule has 9 unspecified atom stereocenters. The van der Waals surface area contributed by atoms with Gasteiger partial charge in [-0.05, 0) is 29.8 Å². The van der Waals surface area contributed by atoms with Crippen LogP contribution in [-0.4, -0.2) is 92.9 Å². The van der Waals surface area contributed by atoms with Gasteiger partial charge in [-0.15, -0.1) is 0 Å². The maximum atomic E-state index is 11.1. The Bertz CT molecular complexity index is 910. The van der Waals surface area contributed by atoms with Crippen LogP contribution in [0.2, 0.25) is 0 Å². The van der Waals surface area contributed by atoms with Crippen LogP contribution in [0.15, 0.2) is 54.6 Å². The van der Waals surface area contributed by atoms with Crippen molar-refractivity contribution < 1.29 is 49.6 Å². The Labute approximate surface area is 196 Å². The lowest BCUT2D eigenvalue weighted by Gasteiger charge is -2.44. The topological polar surface area (TPSA) is 158 Å². The van der Waals surface area contributed by atoms with Crippen molar-refractivity contribution >= 4 is 0 Å². The average Bonchev–Trinajstić information content (AvgIpc) is 2.86. The lowest BCUT2D eigenvalue weighted by molar-refractivity contribution is -0.329. The Morgan fingerprint density at radius 1 is 0.765 bits per heavy atom. The van der Waals surface area contributed by atoms with Crippen molar-refractivity contribution in [1.82, 2.24) is 0 Å². The van der Waals surface area contributed by atoms with Gasteiger partial charge < -0.3 is 49.6 Å². The minimum atomic E-state index is -1.61. The average molecular weight is 478 g/mol. The predicted octanol–water partition coefficient (Wildman–Crippen LogP) is -0.153. The molecule has 9 atom stereocenters. The second-order valence-corrected chi connectivity index (χ2v) is 8.45. The van der Waals surface area contributed by atoms with Gasteiger partial charge in [-0.2, -0.15) is 0 Å². The minimum absolute atomic E-state index is 0.0867. The monoisotopic (exact) mass is 478 g/mol. The Kier molecular flexibility index (Phi) is 8.14. The van der Waals surface area contributed by atoms with E-state index in [2.05, 4.69) is 0 Å². The second-order valence-electron chi connectivity index (χ2n) is 8.45. The van der Waals surface area contributed by atoms with Crippen LogP contribution in [0.1, 0.15) is 18.1 Å². The third kappa shape index (κ3) is 5.41. The predicted molar refractivity (Wildman–Crippen MR) is 117 cm³/mol. The highest BCUT2D eigenvalue weighted by molar-refractivity contribution is 5.35. The maximum Gasteiger partial charge on any atom is 0.187 e. The first-order valence-electron chi connectivity index (χ1n) is 11.1. The van der Waals surface area contributed by atoms with Crippen LogP contribution >= 0.6 is 0 Å². The van der Waals surface area contributed by atoms with Crippen molar-refractivity contribution in [3.8, 4) is 11.5 Å². The molecule has 2 heterocycles. The molecule has 2 aliphatic rings. The number of para-hydroxylation sites is 1. The normalized spacial score (nSPS) is 36.2. The Hall–Kier alpha value is -2.12. The smallest absolute Gasteiger partial charge is 0.187 e. The van der Waals surface area contributed by atoms with Gasteiger partial charge in [-0.3, -0.25) is 0 Å². The van der Waals surface area contributed by atoms with E-state index in [0.717, 1.165) is 0 Å². The molecule has 10 nitrogen and oxygen atoms in total. The molecule has 0 aliphatic carbocycles. The quantitative estimate of drug-likeness (QED) is 0.316. The molecule has 0 bridgehead atoms. The lowest BCUT2D eigenvalue weighted by Crippen LogP contribution is -2.60. The third-order valence-corrected chi connectivity index (χ3v) is 6.05. The van der Waals surface area contributed by atoms with Crippen molar-refractivity contribution in [3.63, 3.8) is 0 Å². The molecule has 2 aromatic carbocycles. The molecule has 0 spiro atoms. The van der Waals surface area contributed by atoms with Gasteiger partial charge in [0.05, 0.1) is 25.4 Å². The number of ether oxygens (including phenoxy) is 4. The summed E-state index contributed by atoms with van der Waals surface area (Å²) >= 11 is 0. The first-order chi connectivity index (χ1) is 16.4. The number of hydrogen-bond acceptors (Lipinski definition) is 10. The van der Waals surface area contributed by atoms with Crippen LogP contribution in [0.25, 0.3) is 0 Å². The fourth-order valence-electron chi connectivity index (χ4n) is 4.20. The molecule has 2 saturated heterocycles. The molecule has 2 fully saturated rings. The Balaban J connectivity index is 1.51. The molecular formula is C24H30O10. The van der Waals surface area contributed by atoms with E-state index in [9.17, 15) is 30.6 Å². The van der Waals surface area contributed by atoms with Gasteiger partial charge in [0.15, 0.2) is 6.29 Å². The molecule has 0 aromatic heterocycles. The van der Waals surface area contributed by atoms with E-state index in [0.29, 0.717) is 17.1 Å². The standard InChI is InChI=1S/C24H30O10/c25-11-16-10-17(33-24-22(30)21(29)19(27)18(12-26)34-24)20(28)23(32-16)13-5-4-8-15(9-13)31-14-6-2-1-3-7-14/h1-9,16-30H,10-12H2. The summed E-state index contributed by atoms with van der Waals surface area (Å²) in [6.45, 7) is -0.935. The van der Waals surface area contributed by atoms with E-state index in [1.807, 2.05) is 30.3 Å². The van der Waals surface area contributed by atoms with Crippen molar-refractivity contribution in [2.45, 2.75) is 61.5 Å². The highest BCUT2D eigenvalue weighted by Crippen LogP contribution is 2.37. The van der Waals surface area contributed by atoms with Crippen molar-refractivity contribution in [2.75, 3.05) is 13.2 Å². The van der Waals surface area contributed by atoms with Gasteiger partial charge in [-0.25, -0.2) is 0 Å². The van der Waals surface area contributed by atoms with E-state index < -0.39 is 61.7 Å². The lowest BCUT2D eigenvalue weighted by atomic mass is 9.92. The first kappa shape index (κ1) is 25.0. The van der Waals surface area contributed by atoms with E-state index in [4.69, 9.17) is 18.9 Å². The number of hydrogen-bond donors (Lipinski definition) is 6. The van der Waals surface area contributed by atoms with Gasteiger partial charge in [0.1, 0.15) is 48.1 Å². The van der Waals surface area contributed by atoms with Crippen LogP contribution in [0, 0.1) is 0 Å². The fourth-order valence-corrected chi connectivity index (χ4v) is 4.20. The van der Waals surface area contributed by atoms with Crippen LogP contribution in [0.4, 0.5) is 0 Å². The van der Waals surface area contributed by atoms with Gasteiger partial charge in [-0.1, -0.05) is 30.3 Å². The third-order valence-electron chi connectivity index (χ3n) is 6.05. The van der Waals surface area contributed by atoms with Gasteiger partial charge in [0.25, 0.3) is 0 Å². The molecule has 0 saturated carbocycles. The maximum absolute atomic E-state index is 11.1. The Morgan fingerprint density at radius 3 is 2.21 bits per heavy atom. The molecule has 4 rings (SSSR count). The first-order valence-corrected chi connectivity index (χ1v) is 11.1. The molecule has 10 heteroatoms. The van der Waals surface area contributed by atoms with E-state index in [1.54, 1.807) is 24.3 Å². The zero-order chi connectivity index (χ0) is 24.2. The molecule has 186 valence electrons. The largest absolute Gasteiger partial charge is 0.457 e. The summed E-state index contributed by atoms with van der Waals surface area (Å²) < 4.78 is 23.0. The van der Waals surface area contributed by atoms with Crippen LogP contribution in [0.3, 0.4) is 0 Å². The van der Waals surface area contributed by atoms with E-state index in [1.165, 1.54) is 0 Å². The van der Waals surface area contributed by atoms with Crippen LogP contribution in [0.5, 0.6) is 11.5 Å². The molecule has 0 radical (unpaired) electrons. The number of aliphatic hydroxyl groups is 6. The zero-order valence-corrected chi connectivity index (χ0v) is 18.3. The SMILES string of the molecule is OCC1CC(OC2OC(CO)C(O)C(O)C2O)C(O)C(c2cccc(Oc3ccccc3)c2)O1. The van der Waals surface area contributed by atoms with Crippen LogP contribution < -0.4 is 4.74 Å².